The molecule has 2 N–H and O–H groups in total. The van der Waals surface area contributed by atoms with Crippen LogP contribution in [0.4, 0.5) is 14.5 Å². The van der Waals surface area contributed by atoms with Gasteiger partial charge in [-0.25, -0.2) is 8.42 Å². The lowest BCUT2D eigenvalue weighted by Gasteiger charge is -2.18. The number of hydrogen-bond acceptors (Lipinski definition) is 3. The van der Waals surface area contributed by atoms with Crippen molar-refractivity contribution in [3.8, 4) is 0 Å². The van der Waals surface area contributed by atoms with Crippen molar-refractivity contribution in [2.75, 3.05) is 11.3 Å². The Morgan fingerprint density at radius 3 is 2.44 bits per heavy atom. The molecule has 0 aliphatic rings. The van der Waals surface area contributed by atoms with Gasteiger partial charge in [0, 0.05) is 6.04 Å². The van der Waals surface area contributed by atoms with Crippen LogP contribution in [0.3, 0.4) is 0 Å². The zero-order valence-corrected chi connectivity index (χ0v) is 11.0. The van der Waals surface area contributed by atoms with E-state index in [1.54, 1.807) is 18.2 Å². The molecule has 0 spiro atoms. The van der Waals surface area contributed by atoms with E-state index in [1.165, 1.54) is 6.07 Å². The summed E-state index contributed by atoms with van der Waals surface area (Å²) in [6.07, 6.45) is 0. The van der Waals surface area contributed by atoms with Gasteiger partial charge in [-0.3, -0.25) is 4.72 Å². The predicted molar refractivity (Wildman–Crippen MR) is 67.1 cm³/mol. The van der Waals surface area contributed by atoms with Crippen molar-refractivity contribution in [3.63, 3.8) is 0 Å². The van der Waals surface area contributed by atoms with Gasteiger partial charge in [0.15, 0.2) is 0 Å². The van der Waals surface area contributed by atoms with Crippen LogP contribution in [0.5, 0.6) is 0 Å². The minimum Gasteiger partial charge on any atom is -0.310 e. The highest BCUT2D eigenvalue weighted by molar-refractivity contribution is 7.93. The third kappa shape index (κ3) is 3.64. The van der Waals surface area contributed by atoms with E-state index >= 15 is 0 Å². The van der Waals surface area contributed by atoms with Crippen LogP contribution in [0, 0.1) is 0 Å². The van der Waals surface area contributed by atoms with Crippen LogP contribution >= 0.6 is 0 Å². The zero-order valence-electron chi connectivity index (χ0n) is 10.2. The quantitative estimate of drug-likeness (QED) is 0.839. The Hall–Kier alpha value is -1.21. The number of anilines is 1. The highest BCUT2D eigenvalue weighted by atomic mass is 32.2. The van der Waals surface area contributed by atoms with Gasteiger partial charge in [-0.15, -0.1) is 0 Å². The average Bonchev–Trinajstić information content (AvgIpc) is 2.29. The molecule has 1 aromatic rings. The number of nitrogens with one attached hydrogen (secondary N) is 2. The van der Waals surface area contributed by atoms with Crippen molar-refractivity contribution in [2.45, 2.75) is 25.6 Å². The average molecular weight is 278 g/mol. The van der Waals surface area contributed by atoms with Gasteiger partial charge in [-0.05, 0) is 25.1 Å². The molecule has 0 radical (unpaired) electrons. The van der Waals surface area contributed by atoms with Crippen molar-refractivity contribution < 1.29 is 17.2 Å². The van der Waals surface area contributed by atoms with Gasteiger partial charge in [0.2, 0.25) is 0 Å². The molecule has 4 nitrogen and oxygen atoms in total. The minimum atomic E-state index is -4.63. The third-order valence-electron chi connectivity index (χ3n) is 2.42. The van der Waals surface area contributed by atoms with Crippen molar-refractivity contribution in [1.29, 1.82) is 0 Å². The summed E-state index contributed by atoms with van der Waals surface area (Å²) in [7, 11) is -4.63. The molecule has 0 fully saturated rings. The van der Waals surface area contributed by atoms with Crippen LogP contribution in [0.2, 0.25) is 0 Å². The van der Waals surface area contributed by atoms with E-state index < -0.39 is 15.8 Å². The van der Waals surface area contributed by atoms with E-state index in [0.29, 0.717) is 12.1 Å². The van der Waals surface area contributed by atoms with Gasteiger partial charge in [0.25, 0.3) is 10.0 Å². The Bertz CT molecular complexity index is 492. The normalized spacial score (nSPS) is 13.6. The molecule has 1 rings (SSSR count). The summed E-state index contributed by atoms with van der Waals surface area (Å²) in [6, 6.07) is 6.33. The number of rotatable bonds is 6. The minimum absolute atomic E-state index is 0.133. The Balaban J connectivity index is 3.03. The Morgan fingerprint density at radius 1 is 1.28 bits per heavy atom. The van der Waals surface area contributed by atoms with Crippen LogP contribution in [-0.2, 0) is 10.0 Å². The van der Waals surface area contributed by atoms with Crippen LogP contribution in [0.25, 0.3) is 0 Å². The van der Waals surface area contributed by atoms with Crippen LogP contribution in [0.15, 0.2) is 24.3 Å². The van der Waals surface area contributed by atoms with Crippen molar-refractivity contribution in [2.24, 2.45) is 0 Å². The fourth-order valence-corrected chi connectivity index (χ4v) is 2.16. The number of halogens is 2. The smallest absolute Gasteiger partial charge is 0.310 e. The molecule has 0 saturated heterocycles. The van der Waals surface area contributed by atoms with Crippen molar-refractivity contribution in [3.05, 3.63) is 29.8 Å². The summed E-state index contributed by atoms with van der Waals surface area (Å²) in [5.74, 6) is -3.44. The van der Waals surface area contributed by atoms with Crippen molar-refractivity contribution >= 4 is 15.7 Å². The number of para-hydroxylation sites is 1. The van der Waals surface area contributed by atoms with E-state index in [2.05, 4.69) is 5.32 Å². The molecule has 0 aliphatic heterocycles. The molecule has 0 aliphatic carbocycles. The highest BCUT2D eigenvalue weighted by Crippen LogP contribution is 2.24. The monoisotopic (exact) mass is 278 g/mol. The third-order valence-corrected chi connectivity index (χ3v) is 3.40. The molecule has 1 atom stereocenters. The number of hydrogen-bond donors (Lipinski definition) is 2. The molecule has 18 heavy (non-hydrogen) atoms. The SMILES string of the molecule is CCNC(C)c1ccccc1NS(=O)(=O)C(F)F. The largest absolute Gasteiger partial charge is 0.355 e. The summed E-state index contributed by atoms with van der Waals surface area (Å²) < 4.78 is 48.8. The van der Waals surface area contributed by atoms with Gasteiger partial charge < -0.3 is 5.32 Å². The molecular formula is C11H16F2N2O2S. The highest BCUT2D eigenvalue weighted by Gasteiger charge is 2.25. The van der Waals surface area contributed by atoms with E-state index in [0.717, 1.165) is 0 Å². The molecule has 1 unspecified atom stereocenters. The molecule has 0 bridgehead atoms. The maximum atomic E-state index is 12.3. The summed E-state index contributed by atoms with van der Waals surface area (Å²) in [5, 5.41) is 3.09. The topological polar surface area (TPSA) is 58.2 Å². The first-order chi connectivity index (χ1) is 8.38. The fraction of sp³-hybridized carbons (Fsp3) is 0.455. The summed E-state index contributed by atoms with van der Waals surface area (Å²) >= 11 is 0. The van der Waals surface area contributed by atoms with Gasteiger partial charge in [0.05, 0.1) is 5.69 Å². The molecule has 102 valence electrons. The van der Waals surface area contributed by atoms with E-state index in [9.17, 15) is 17.2 Å². The second kappa shape index (κ2) is 6.10. The van der Waals surface area contributed by atoms with Crippen LogP contribution in [-0.4, -0.2) is 20.7 Å². The van der Waals surface area contributed by atoms with Crippen LogP contribution in [0.1, 0.15) is 25.5 Å². The Morgan fingerprint density at radius 2 is 1.89 bits per heavy atom. The molecule has 0 heterocycles. The van der Waals surface area contributed by atoms with Gasteiger partial charge in [-0.1, -0.05) is 25.1 Å². The molecular weight excluding hydrogens is 262 g/mol. The van der Waals surface area contributed by atoms with Gasteiger partial charge >= 0.3 is 5.76 Å². The predicted octanol–water partition coefficient (Wildman–Crippen LogP) is 2.32. The molecule has 0 saturated carbocycles. The second-order valence-corrected chi connectivity index (χ2v) is 5.42. The first kappa shape index (κ1) is 14.8. The number of benzene rings is 1. The van der Waals surface area contributed by atoms with E-state index in [4.69, 9.17) is 0 Å². The summed E-state index contributed by atoms with van der Waals surface area (Å²) in [5.41, 5.74) is 0.801. The van der Waals surface area contributed by atoms with E-state index in [1.807, 2.05) is 18.6 Å². The molecule has 0 amide bonds. The van der Waals surface area contributed by atoms with E-state index in [-0.39, 0.29) is 11.7 Å². The maximum Gasteiger partial charge on any atom is 0.355 e. The standard InChI is InChI=1S/C11H16F2N2O2S/c1-3-14-8(2)9-6-4-5-7-10(9)15-18(16,17)11(12)13/h4-8,11,14-15H,3H2,1-2H3. The lowest BCUT2D eigenvalue weighted by Crippen LogP contribution is -2.24. The van der Waals surface area contributed by atoms with Gasteiger partial charge in [-0.2, -0.15) is 8.78 Å². The lowest BCUT2D eigenvalue weighted by molar-refractivity contribution is 0.236. The van der Waals surface area contributed by atoms with Crippen molar-refractivity contribution in [1.82, 2.24) is 5.32 Å². The van der Waals surface area contributed by atoms with Crippen LogP contribution < -0.4 is 10.0 Å². The molecule has 1 aromatic carbocycles. The maximum absolute atomic E-state index is 12.3. The fourth-order valence-electron chi connectivity index (χ4n) is 1.58. The molecule has 0 aromatic heterocycles. The summed E-state index contributed by atoms with van der Waals surface area (Å²) in [4.78, 5) is 0. The molecule has 7 heteroatoms. The Labute approximate surface area is 105 Å². The summed E-state index contributed by atoms with van der Waals surface area (Å²) in [6.45, 7) is 4.43. The Kier molecular flexibility index (Phi) is 5.03. The second-order valence-electron chi connectivity index (χ2n) is 3.77. The van der Waals surface area contributed by atoms with Gasteiger partial charge in [0.1, 0.15) is 0 Å². The lowest BCUT2D eigenvalue weighted by atomic mass is 10.1. The number of sulfonamides is 1. The number of alkyl halides is 2. The first-order valence-corrected chi connectivity index (χ1v) is 7.05. The zero-order chi connectivity index (χ0) is 13.8. The first-order valence-electron chi connectivity index (χ1n) is 5.50.